The monoisotopic (exact) mass is 526 g/mol. The molecule has 0 saturated heterocycles. The van der Waals surface area contributed by atoms with Crippen molar-refractivity contribution in [1.82, 2.24) is 4.57 Å². The average Bonchev–Trinajstić information content (AvgIpc) is 3.14. The number of ether oxygens (including phenoxy) is 3. The molecule has 0 fully saturated rings. The molecule has 1 aliphatic rings. The second-order valence-electron chi connectivity index (χ2n) is 7.86. The minimum absolute atomic E-state index is 0.165. The predicted molar refractivity (Wildman–Crippen MR) is 136 cm³/mol. The van der Waals surface area contributed by atoms with Crippen LogP contribution in [-0.4, -0.2) is 30.2 Å². The summed E-state index contributed by atoms with van der Waals surface area (Å²) in [7, 11) is 1.44. The van der Waals surface area contributed by atoms with Crippen LogP contribution in [0.25, 0.3) is 6.08 Å². The average molecular weight is 527 g/mol. The zero-order valence-electron chi connectivity index (χ0n) is 20.0. The van der Waals surface area contributed by atoms with E-state index >= 15 is 0 Å². The van der Waals surface area contributed by atoms with Crippen molar-refractivity contribution in [2.45, 2.75) is 26.8 Å². The van der Waals surface area contributed by atoms with Gasteiger partial charge in [0.25, 0.3) is 5.56 Å². The fourth-order valence-electron chi connectivity index (χ4n) is 3.91. The maximum absolute atomic E-state index is 13.6. The number of hydrogen-bond donors (Lipinski definition) is 0. The first-order valence-corrected chi connectivity index (χ1v) is 12.2. The van der Waals surface area contributed by atoms with E-state index in [1.807, 2.05) is 12.1 Å². The number of rotatable bonds is 6. The number of hydrogen-bond acceptors (Lipinski definition) is 8. The molecule has 0 amide bonds. The molecule has 10 heteroatoms. The summed E-state index contributed by atoms with van der Waals surface area (Å²) in [5, 5.41) is 0.592. The first-order chi connectivity index (χ1) is 17.2. The van der Waals surface area contributed by atoms with Crippen LogP contribution in [0, 0.1) is 0 Å². The van der Waals surface area contributed by atoms with Crippen LogP contribution in [0.15, 0.2) is 63.5 Å². The number of carbonyl (C=O) groups excluding carboxylic acids is 2. The normalized spacial score (nSPS) is 15.2. The number of carbonyl (C=O) groups is 2. The van der Waals surface area contributed by atoms with Crippen molar-refractivity contribution in [2.24, 2.45) is 4.99 Å². The van der Waals surface area contributed by atoms with Crippen molar-refractivity contribution in [2.75, 3.05) is 13.7 Å². The summed E-state index contributed by atoms with van der Waals surface area (Å²) in [6.07, 6.45) is 1.75. The lowest BCUT2D eigenvalue weighted by Gasteiger charge is -2.25. The summed E-state index contributed by atoms with van der Waals surface area (Å²) >= 11 is 7.21. The van der Waals surface area contributed by atoms with Crippen molar-refractivity contribution >= 4 is 41.0 Å². The number of methoxy groups -OCH3 is 1. The molecule has 0 bridgehead atoms. The minimum Gasteiger partial charge on any atom is -0.493 e. The van der Waals surface area contributed by atoms with Crippen LogP contribution in [0.1, 0.15) is 37.9 Å². The molecule has 2 aromatic carbocycles. The van der Waals surface area contributed by atoms with Gasteiger partial charge in [-0.3, -0.25) is 14.2 Å². The molecule has 8 nitrogen and oxygen atoms in total. The number of halogens is 1. The fraction of sp³-hybridized carbons (Fsp3) is 0.231. The Kier molecular flexibility index (Phi) is 7.42. The molecule has 4 rings (SSSR count). The minimum atomic E-state index is -0.826. The highest BCUT2D eigenvalue weighted by Gasteiger charge is 2.34. The Morgan fingerprint density at radius 3 is 2.53 bits per heavy atom. The molecule has 0 saturated carbocycles. The lowest BCUT2D eigenvalue weighted by atomic mass is 9.95. The summed E-state index contributed by atoms with van der Waals surface area (Å²) in [6.45, 7) is 4.87. The Balaban J connectivity index is 1.94. The van der Waals surface area contributed by atoms with Crippen molar-refractivity contribution in [1.29, 1.82) is 0 Å². The zero-order valence-corrected chi connectivity index (χ0v) is 21.6. The van der Waals surface area contributed by atoms with Gasteiger partial charge in [0.15, 0.2) is 16.3 Å². The molecule has 0 N–H and O–H groups in total. The van der Waals surface area contributed by atoms with Gasteiger partial charge in [-0.25, -0.2) is 9.79 Å². The molecule has 2 heterocycles. The van der Waals surface area contributed by atoms with E-state index < -0.39 is 18.0 Å². The van der Waals surface area contributed by atoms with E-state index in [1.54, 1.807) is 50.3 Å². The summed E-state index contributed by atoms with van der Waals surface area (Å²) in [4.78, 5) is 43.2. The number of nitrogens with zero attached hydrogens (tertiary/aromatic N) is 2. The molecule has 1 aliphatic heterocycles. The van der Waals surface area contributed by atoms with Gasteiger partial charge in [-0.1, -0.05) is 41.1 Å². The third-order valence-electron chi connectivity index (χ3n) is 5.44. The number of benzene rings is 2. The van der Waals surface area contributed by atoms with Crippen molar-refractivity contribution < 1.29 is 23.8 Å². The van der Waals surface area contributed by atoms with Gasteiger partial charge in [-0.2, -0.15) is 0 Å². The SMILES string of the molecule is CCOC(=O)C1=C(C)N=c2s/c(=C/c3ccc(Cl)cc3)c(=O)n2[C@@H]1c1ccc(OC(C)=O)c(OC)c1. The number of allylic oxidation sites excluding steroid dienone is 1. The lowest BCUT2D eigenvalue weighted by Crippen LogP contribution is -2.40. The first-order valence-electron chi connectivity index (χ1n) is 11.0. The highest BCUT2D eigenvalue weighted by Crippen LogP contribution is 2.36. The van der Waals surface area contributed by atoms with Gasteiger partial charge in [-0.05, 0) is 55.3 Å². The molecule has 0 aliphatic carbocycles. The second-order valence-corrected chi connectivity index (χ2v) is 9.30. The molecule has 1 aromatic heterocycles. The van der Waals surface area contributed by atoms with Crippen LogP contribution in [0.2, 0.25) is 5.02 Å². The van der Waals surface area contributed by atoms with Crippen molar-refractivity contribution in [3.63, 3.8) is 0 Å². The fourth-order valence-corrected chi connectivity index (χ4v) is 5.08. The topological polar surface area (TPSA) is 96.2 Å². The Morgan fingerprint density at radius 1 is 1.17 bits per heavy atom. The molecule has 186 valence electrons. The van der Waals surface area contributed by atoms with Crippen LogP contribution in [-0.2, 0) is 14.3 Å². The predicted octanol–water partition coefficient (Wildman–Crippen LogP) is 3.39. The van der Waals surface area contributed by atoms with Crippen LogP contribution < -0.4 is 24.4 Å². The zero-order chi connectivity index (χ0) is 26.0. The smallest absolute Gasteiger partial charge is 0.338 e. The van der Waals surface area contributed by atoms with Crippen LogP contribution in [0.4, 0.5) is 0 Å². The molecule has 0 unspecified atom stereocenters. The molecule has 1 atom stereocenters. The molecule has 36 heavy (non-hydrogen) atoms. The molecule has 0 spiro atoms. The van der Waals surface area contributed by atoms with Crippen molar-refractivity contribution in [3.05, 3.63) is 89.6 Å². The van der Waals surface area contributed by atoms with Gasteiger partial charge in [0, 0.05) is 11.9 Å². The third-order valence-corrected chi connectivity index (χ3v) is 6.68. The van der Waals surface area contributed by atoms with Crippen LogP contribution >= 0.6 is 22.9 Å². The van der Waals surface area contributed by atoms with Gasteiger partial charge < -0.3 is 14.2 Å². The van der Waals surface area contributed by atoms with E-state index in [0.717, 1.165) is 5.56 Å². The van der Waals surface area contributed by atoms with E-state index in [1.165, 1.54) is 29.9 Å². The molecule has 3 aromatic rings. The number of esters is 2. The van der Waals surface area contributed by atoms with Gasteiger partial charge in [-0.15, -0.1) is 0 Å². The van der Waals surface area contributed by atoms with Gasteiger partial charge in [0.2, 0.25) is 0 Å². The molecular weight excluding hydrogens is 504 g/mol. The van der Waals surface area contributed by atoms with E-state index in [9.17, 15) is 14.4 Å². The Bertz CT molecular complexity index is 1550. The Labute approximate surface area is 215 Å². The quantitative estimate of drug-likeness (QED) is 0.361. The maximum Gasteiger partial charge on any atom is 0.338 e. The van der Waals surface area contributed by atoms with Gasteiger partial charge in [0.05, 0.1) is 35.6 Å². The van der Waals surface area contributed by atoms with E-state index in [0.29, 0.717) is 25.6 Å². The van der Waals surface area contributed by atoms with E-state index in [4.69, 9.17) is 25.8 Å². The highest BCUT2D eigenvalue weighted by molar-refractivity contribution is 7.07. The summed E-state index contributed by atoms with van der Waals surface area (Å²) < 4.78 is 17.9. The summed E-state index contributed by atoms with van der Waals surface area (Å²) in [5.74, 6) is -0.566. The highest BCUT2D eigenvalue weighted by atomic mass is 35.5. The maximum atomic E-state index is 13.6. The Morgan fingerprint density at radius 2 is 1.89 bits per heavy atom. The molecular formula is C26H23ClN2O6S. The van der Waals surface area contributed by atoms with Crippen LogP contribution in [0.3, 0.4) is 0 Å². The Hall–Kier alpha value is -3.69. The van der Waals surface area contributed by atoms with Gasteiger partial charge >= 0.3 is 11.9 Å². The second kappa shape index (κ2) is 10.5. The first kappa shape index (κ1) is 25.4. The van der Waals surface area contributed by atoms with Crippen molar-refractivity contribution in [3.8, 4) is 11.5 Å². The van der Waals surface area contributed by atoms with E-state index in [-0.39, 0.29) is 29.2 Å². The number of fused-ring (bicyclic) bond motifs is 1. The summed E-state index contributed by atoms with van der Waals surface area (Å²) in [6, 6.07) is 11.2. The number of thiazole rings is 1. The van der Waals surface area contributed by atoms with E-state index in [2.05, 4.69) is 4.99 Å². The molecule has 0 radical (unpaired) electrons. The van der Waals surface area contributed by atoms with Gasteiger partial charge in [0.1, 0.15) is 0 Å². The largest absolute Gasteiger partial charge is 0.493 e. The third kappa shape index (κ3) is 4.98. The summed E-state index contributed by atoms with van der Waals surface area (Å²) in [5.41, 5.74) is 1.75. The van der Waals surface area contributed by atoms with Crippen LogP contribution in [0.5, 0.6) is 11.5 Å². The number of aromatic nitrogens is 1. The lowest BCUT2D eigenvalue weighted by molar-refractivity contribution is -0.139. The standard InChI is InChI=1S/C26H23ClN2O6S/c1-5-34-25(32)22-14(2)28-26-29(24(31)21(36-26)12-16-6-9-18(27)10-7-16)23(22)17-8-11-19(35-15(3)30)20(13-17)33-4/h6-13,23H,5H2,1-4H3/b21-12+/t23-/m1/s1.